The summed E-state index contributed by atoms with van der Waals surface area (Å²) in [6, 6.07) is 34.7. The van der Waals surface area contributed by atoms with E-state index in [1.54, 1.807) is 7.11 Å². The number of hydrogen-bond donors (Lipinski definition) is 0. The third-order valence-corrected chi connectivity index (χ3v) is 9.23. The molecule has 0 N–H and O–H groups in total. The van der Waals surface area contributed by atoms with Gasteiger partial charge in [-0.25, -0.2) is 0 Å². The van der Waals surface area contributed by atoms with E-state index in [9.17, 15) is 0 Å². The molecule has 0 aliphatic heterocycles. The molecule has 4 aromatic rings. The van der Waals surface area contributed by atoms with Gasteiger partial charge in [-0.1, -0.05) is 89.5 Å². The smallest absolute Gasteiger partial charge is 0.119 e. The Balaban J connectivity index is 2.09. The van der Waals surface area contributed by atoms with Crippen molar-refractivity contribution in [3.63, 3.8) is 0 Å². The van der Waals surface area contributed by atoms with E-state index in [0.29, 0.717) is 0 Å². The zero-order chi connectivity index (χ0) is 21.8. The third kappa shape index (κ3) is 4.36. The maximum absolute atomic E-state index is 5.52. The van der Waals surface area contributed by atoms with Crippen LogP contribution in [0.1, 0.15) is 16.7 Å². The molecule has 4 rings (SSSR count). The molecule has 0 saturated heterocycles. The highest BCUT2D eigenvalue weighted by Gasteiger charge is 2.27. The van der Waals surface area contributed by atoms with Gasteiger partial charge in [0.15, 0.2) is 0 Å². The van der Waals surface area contributed by atoms with E-state index in [0.717, 1.165) is 11.4 Å². The first-order chi connectivity index (χ1) is 15.0. The summed E-state index contributed by atoms with van der Waals surface area (Å²) in [5.41, 5.74) is 4.70. The summed E-state index contributed by atoms with van der Waals surface area (Å²) in [7, 11) is -0.585. The van der Waals surface area contributed by atoms with Crippen molar-refractivity contribution in [2.75, 3.05) is 7.11 Å². The minimum absolute atomic E-state index is 0.837. The van der Waals surface area contributed by atoms with Crippen LogP contribution in [0.15, 0.2) is 102 Å². The van der Waals surface area contributed by atoms with Crippen molar-refractivity contribution in [1.82, 2.24) is 0 Å². The predicted molar refractivity (Wildman–Crippen MR) is 134 cm³/mol. The van der Waals surface area contributed by atoms with Gasteiger partial charge >= 0.3 is 0 Å². The second kappa shape index (κ2) is 8.96. The van der Waals surface area contributed by atoms with E-state index >= 15 is 0 Å². The van der Waals surface area contributed by atoms with E-state index in [1.165, 1.54) is 32.6 Å². The van der Waals surface area contributed by atoms with Crippen LogP contribution in [0, 0.1) is 20.8 Å². The predicted octanol–water partition coefficient (Wildman–Crippen LogP) is 6.43. The summed E-state index contributed by atoms with van der Waals surface area (Å²) in [6.45, 7) is 6.38. The molecule has 3 heteroatoms. The molecule has 31 heavy (non-hydrogen) atoms. The Labute approximate surface area is 185 Å². The molecule has 2 nitrogen and oxygen atoms in total. The molecule has 0 aliphatic carbocycles. The normalized spacial score (nSPS) is 11.2. The van der Waals surface area contributed by atoms with E-state index in [4.69, 9.17) is 9.48 Å². The number of benzene rings is 4. The molecule has 156 valence electrons. The quantitative estimate of drug-likeness (QED) is 0.338. The van der Waals surface area contributed by atoms with Gasteiger partial charge in [-0.05, 0) is 45.0 Å². The molecule has 0 amide bonds. The average molecular weight is 426 g/mol. The largest absolute Gasteiger partial charge is 0.497 e. The van der Waals surface area contributed by atoms with Gasteiger partial charge in [0, 0.05) is 15.9 Å². The van der Waals surface area contributed by atoms with Crippen molar-refractivity contribution in [1.29, 1.82) is 0 Å². The Morgan fingerprint density at radius 3 is 1.19 bits per heavy atom. The molecule has 0 aromatic heterocycles. The van der Waals surface area contributed by atoms with E-state index in [1.807, 2.05) is 24.3 Å². The fourth-order valence-corrected chi connectivity index (χ4v) is 7.19. The lowest BCUT2D eigenvalue weighted by Crippen LogP contribution is -2.25. The summed E-state index contributed by atoms with van der Waals surface area (Å²) in [5.74, 6) is 0.837. The zero-order valence-electron chi connectivity index (χ0n) is 18.5. The Morgan fingerprint density at radius 1 is 0.516 bits per heavy atom. The van der Waals surface area contributed by atoms with Gasteiger partial charge in [-0.3, -0.25) is 4.74 Å². The van der Waals surface area contributed by atoms with Crippen LogP contribution in [0.2, 0.25) is 0 Å². The molecule has 0 heterocycles. The molecule has 0 fully saturated rings. The molecular weight excluding hydrogens is 397 g/mol. The van der Waals surface area contributed by atoms with E-state index in [2.05, 4.69) is 93.6 Å². The van der Waals surface area contributed by atoms with Crippen molar-refractivity contribution in [2.24, 2.45) is 4.74 Å². The van der Waals surface area contributed by atoms with Gasteiger partial charge in [0.2, 0.25) is 0 Å². The average Bonchev–Trinajstić information content (AvgIpc) is 2.80. The van der Waals surface area contributed by atoms with Crippen LogP contribution in [0.3, 0.4) is 0 Å². The van der Waals surface area contributed by atoms with E-state index < -0.39 is 7.05 Å². The van der Waals surface area contributed by atoms with Gasteiger partial charge in [-0.15, -0.1) is 0 Å². The topological polar surface area (TPSA) is 21.6 Å². The SMILES string of the molecule is COc1ccc(N=P(c2ccc(C)cc2)(c2ccc(C)cc2)c2ccc(C)cc2)cc1. The van der Waals surface area contributed by atoms with Crippen LogP contribution < -0.4 is 20.7 Å². The van der Waals surface area contributed by atoms with Crippen LogP contribution in [0.5, 0.6) is 5.75 Å². The summed E-state index contributed by atoms with van der Waals surface area (Å²) in [6.07, 6.45) is 0. The highest BCUT2D eigenvalue weighted by molar-refractivity contribution is 7.87. The monoisotopic (exact) mass is 425 g/mol. The summed E-state index contributed by atoms with van der Waals surface area (Å²) < 4.78 is 10.9. The Morgan fingerprint density at radius 2 is 0.871 bits per heavy atom. The van der Waals surface area contributed by atoms with Gasteiger partial charge in [0.25, 0.3) is 0 Å². The minimum atomic E-state index is -2.27. The summed E-state index contributed by atoms with van der Waals surface area (Å²) in [4.78, 5) is 0. The third-order valence-electron chi connectivity index (χ3n) is 5.56. The fourth-order valence-electron chi connectivity index (χ4n) is 3.72. The number of hydrogen-bond acceptors (Lipinski definition) is 2. The lowest BCUT2D eigenvalue weighted by atomic mass is 10.2. The molecule has 4 aromatic carbocycles. The molecule has 0 unspecified atom stereocenters. The first-order valence-corrected chi connectivity index (χ1v) is 12.2. The van der Waals surface area contributed by atoms with Crippen LogP contribution in [-0.4, -0.2) is 7.11 Å². The first kappa shape index (κ1) is 21.2. The molecule has 0 aliphatic rings. The molecule has 0 bridgehead atoms. The van der Waals surface area contributed by atoms with Gasteiger partial charge in [-0.2, -0.15) is 0 Å². The number of aryl methyl sites for hydroxylation is 3. The highest BCUT2D eigenvalue weighted by Crippen LogP contribution is 2.49. The maximum Gasteiger partial charge on any atom is 0.119 e. The van der Waals surface area contributed by atoms with Crippen LogP contribution >= 0.6 is 7.05 Å². The van der Waals surface area contributed by atoms with Crippen LogP contribution in [0.25, 0.3) is 0 Å². The molecule has 0 saturated carbocycles. The standard InChI is InChI=1S/C28H28NOP/c1-21-5-15-26(16-6-21)31(27-17-7-22(2)8-18-27,28-19-9-23(3)10-20-28)29-24-11-13-25(30-4)14-12-24/h5-20H,1-4H3. The van der Waals surface area contributed by atoms with Gasteiger partial charge < -0.3 is 4.74 Å². The maximum atomic E-state index is 5.52. The van der Waals surface area contributed by atoms with Crippen LogP contribution in [0.4, 0.5) is 5.69 Å². The number of ether oxygens (including phenoxy) is 1. The highest BCUT2D eigenvalue weighted by atomic mass is 31.2. The minimum Gasteiger partial charge on any atom is -0.497 e. The Bertz CT molecular complexity index is 1090. The van der Waals surface area contributed by atoms with Crippen molar-refractivity contribution in [3.8, 4) is 5.75 Å². The van der Waals surface area contributed by atoms with E-state index in [-0.39, 0.29) is 0 Å². The number of rotatable bonds is 5. The zero-order valence-corrected chi connectivity index (χ0v) is 19.4. The van der Waals surface area contributed by atoms with Crippen molar-refractivity contribution in [2.45, 2.75) is 20.8 Å². The van der Waals surface area contributed by atoms with Crippen molar-refractivity contribution >= 4 is 28.7 Å². The van der Waals surface area contributed by atoms with Crippen molar-refractivity contribution < 1.29 is 4.74 Å². The Hall–Kier alpha value is -3.09. The molecule has 0 spiro atoms. The number of nitrogens with zero attached hydrogens (tertiary/aromatic N) is 1. The molecular formula is C28H28NOP. The van der Waals surface area contributed by atoms with Crippen molar-refractivity contribution in [3.05, 3.63) is 114 Å². The van der Waals surface area contributed by atoms with Gasteiger partial charge in [0.1, 0.15) is 5.75 Å². The van der Waals surface area contributed by atoms with Gasteiger partial charge in [0.05, 0.1) is 19.9 Å². The summed E-state index contributed by atoms with van der Waals surface area (Å²) >= 11 is 0. The molecule has 0 radical (unpaired) electrons. The fraction of sp³-hybridized carbons (Fsp3) is 0.143. The second-order valence-corrected chi connectivity index (χ2v) is 11.0. The number of methoxy groups -OCH3 is 1. The first-order valence-electron chi connectivity index (χ1n) is 10.5. The molecule has 0 atom stereocenters. The lowest BCUT2D eigenvalue weighted by Gasteiger charge is -2.27. The lowest BCUT2D eigenvalue weighted by molar-refractivity contribution is 0.415. The summed E-state index contributed by atoms with van der Waals surface area (Å²) in [5, 5.41) is 3.75. The van der Waals surface area contributed by atoms with Crippen LogP contribution in [-0.2, 0) is 0 Å². The second-order valence-electron chi connectivity index (χ2n) is 7.94. The Kier molecular flexibility index (Phi) is 6.11.